The third-order valence-electron chi connectivity index (χ3n) is 4.04. The number of rotatable bonds is 5. The number of pyridine rings is 1. The van der Waals surface area contributed by atoms with Crippen molar-refractivity contribution in [1.82, 2.24) is 9.88 Å². The Bertz CT molecular complexity index is 751. The van der Waals surface area contributed by atoms with E-state index in [4.69, 9.17) is 4.74 Å². The van der Waals surface area contributed by atoms with Crippen LogP contribution in [0.2, 0.25) is 0 Å². The summed E-state index contributed by atoms with van der Waals surface area (Å²) in [6.45, 7) is -1.72. The highest BCUT2D eigenvalue weighted by Crippen LogP contribution is 2.31. The lowest BCUT2D eigenvalue weighted by molar-refractivity contribution is -0.0489. The predicted molar refractivity (Wildman–Crippen MR) is 89.0 cm³/mol. The second kappa shape index (κ2) is 7.60. The van der Waals surface area contributed by atoms with Gasteiger partial charge < -0.3 is 19.7 Å². The summed E-state index contributed by atoms with van der Waals surface area (Å²) in [4.78, 5) is 18.0. The maximum Gasteiger partial charge on any atom is 0.387 e. The van der Waals surface area contributed by atoms with E-state index in [9.17, 15) is 13.6 Å². The maximum absolute atomic E-state index is 12.5. The molecule has 1 aliphatic heterocycles. The summed E-state index contributed by atoms with van der Waals surface area (Å²) >= 11 is 0. The minimum absolute atomic E-state index is 0.0312. The fraction of sp³-hybridized carbons (Fsp3) is 0.412. The maximum atomic E-state index is 12.5. The van der Waals surface area contributed by atoms with Gasteiger partial charge in [-0.05, 0) is 37.1 Å². The van der Waals surface area contributed by atoms with Gasteiger partial charge in [0.2, 0.25) is 0 Å². The fourth-order valence-corrected chi connectivity index (χ4v) is 2.83. The van der Waals surface area contributed by atoms with E-state index in [1.54, 1.807) is 24.1 Å². The number of hydrogen-bond acceptors (Lipinski definition) is 4. The number of halogens is 2. The highest BCUT2D eigenvalue weighted by Gasteiger charge is 2.21. The van der Waals surface area contributed by atoms with E-state index < -0.39 is 6.61 Å². The van der Waals surface area contributed by atoms with Crippen molar-refractivity contribution in [3.63, 3.8) is 0 Å². The molecule has 0 spiro atoms. The molecule has 134 valence electrons. The monoisotopic (exact) mass is 351 g/mol. The van der Waals surface area contributed by atoms with Gasteiger partial charge in [-0.25, -0.2) is 4.79 Å². The molecule has 1 saturated heterocycles. The molecule has 1 aromatic carbocycles. The molecule has 0 saturated carbocycles. The third-order valence-corrected chi connectivity index (χ3v) is 4.04. The Balaban J connectivity index is 1.77. The molecule has 0 unspecified atom stereocenters. The van der Waals surface area contributed by atoms with E-state index in [0.717, 1.165) is 19.4 Å². The first-order valence-corrected chi connectivity index (χ1v) is 8.01. The second-order valence-corrected chi connectivity index (χ2v) is 5.84. The van der Waals surface area contributed by atoms with E-state index in [0.29, 0.717) is 17.6 Å². The lowest BCUT2D eigenvalue weighted by Gasteiger charge is -2.22. The molecule has 8 heteroatoms. The third kappa shape index (κ3) is 4.14. The van der Waals surface area contributed by atoms with Crippen LogP contribution in [0.4, 0.5) is 19.3 Å². The van der Waals surface area contributed by atoms with Gasteiger partial charge in [0.05, 0.1) is 11.8 Å². The molecule has 2 amide bonds. The molecule has 1 fully saturated rings. The number of nitrogens with zero attached hydrogens (tertiary/aromatic N) is 2. The molecule has 2 aromatic rings. The minimum atomic E-state index is -2.94. The van der Waals surface area contributed by atoms with Gasteiger partial charge in [-0.2, -0.15) is 8.78 Å². The first kappa shape index (κ1) is 17.3. The van der Waals surface area contributed by atoms with Crippen LogP contribution in [0.25, 0.3) is 10.9 Å². The van der Waals surface area contributed by atoms with Gasteiger partial charge in [0, 0.05) is 31.8 Å². The van der Waals surface area contributed by atoms with Crippen LogP contribution in [0.3, 0.4) is 0 Å². The van der Waals surface area contributed by atoms with Gasteiger partial charge in [-0.15, -0.1) is 0 Å². The lowest BCUT2D eigenvalue weighted by atomic mass is 10.1. The van der Waals surface area contributed by atoms with Gasteiger partial charge in [0.25, 0.3) is 0 Å². The highest BCUT2D eigenvalue weighted by molar-refractivity contribution is 6.02. The summed E-state index contributed by atoms with van der Waals surface area (Å²) in [5.74, 6) is -0.0312. The van der Waals surface area contributed by atoms with E-state index in [1.807, 2.05) is 0 Å². The van der Waals surface area contributed by atoms with Crippen LogP contribution >= 0.6 is 0 Å². The van der Waals surface area contributed by atoms with Crippen molar-refractivity contribution in [2.75, 3.05) is 25.5 Å². The molecule has 2 heterocycles. The number of urea groups is 1. The van der Waals surface area contributed by atoms with Crippen molar-refractivity contribution in [2.45, 2.75) is 25.6 Å². The van der Waals surface area contributed by atoms with E-state index in [-0.39, 0.29) is 23.4 Å². The minimum Gasteiger partial charge on any atom is -0.432 e. The summed E-state index contributed by atoms with van der Waals surface area (Å²) in [6.07, 6.45) is 3.47. The molecular formula is C17H19F2N3O3. The van der Waals surface area contributed by atoms with Crippen molar-refractivity contribution in [1.29, 1.82) is 0 Å². The SMILES string of the molecule is CN(C[C@H]1CCCO1)C(=O)Nc1ccc(OC(F)F)c2ncccc12. The van der Waals surface area contributed by atoms with Crippen LogP contribution < -0.4 is 10.1 Å². The smallest absolute Gasteiger partial charge is 0.387 e. The molecule has 1 N–H and O–H groups in total. The summed E-state index contributed by atoms with van der Waals surface area (Å²) in [5, 5.41) is 3.31. The zero-order chi connectivity index (χ0) is 17.8. The molecular weight excluding hydrogens is 332 g/mol. The van der Waals surface area contributed by atoms with E-state index in [1.165, 1.54) is 18.3 Å². The van der Waals surface area contributed by atoms with Crippen LogP contribution in [0, 0.1) is 0 Å². The highest BCUT2D eigenvalue weighted by atomic mass is 19.3. The second-order valence-electron chi connectivity index (χ2n) is 5.84. The number of carbonyl (C=O) groups is 1. The van der Waals surface area contributed by atoms with Gasteiger partial charge in [0.15, 0.2) is 5.75 Å². The van der Waals surface area contributed by atoms with Crippen LogP contribution in [-0.4, -0.2) is 48.8 Å². The van der Waals surface area contributed by atoms with Crippen molar-refractivity contribution in [3.8, 4) is 5.75 Å². The van der Waals surface area contributed by atoms with Crippen LogP contribution in [-0.2, 0) is 4.74 Å². The zero-order valence-electron chi connectivity index (χ0n) is 13.7. The van der Waals surface area contributed by atoms with E-state index in [2.05, 4.69) is 15.0 Å². The number of ether oxygens (including phenoxy) is 2. The molecule has 3 rings (SSSR count). The standard InChI is InChI=1S/C17H19F2N3O3/c1-22(10-11-4-3-9-24-11)17(23)21-13-6-7-14(25-16(18)19)15-12(13)5-2-8-20-15/h2,5-8,11,16H,3-4,9-10H2,1H3,(H,21,23)/t11-/m1/s1. The number of hydrogen-bond donors (Lipinski definition) is 1. The summed E-state index contributed by atoms with van der Waals surface area (Å²) in [5.41, 5.74) is 0.747. The molecule has 6 nitrogen and oxygen atoms in total. The molecule has 25 heavy (non-hydrogen) atoms. The Hall–Kier alpha value is -2.48. The first-order chi connectivity index (χ1) is 12.0. The van der Waals surface area contributed by atoms with Crippen molar-refractivity contribution < 1.29 is 23.0 Å². The van der Waals surface area contributed by atoms with Crippen LogP contribution in [0.15, 0.2) is 30.5 Å². The average Bonchev–Trinajstić information content (AvgIpc) is 3.09. The molecule has 1 aromatic heterocycles. The number of alkyl halides is 2. The Labute approximate surface area is 143 Å². The number of likely N-dealkylation sites (N-methyl/N-ethyl adjacent to an activating group) is 1. The Morgan fingerprint density at radius 2 is 2.32 bits per heavy atom. The van der Waals surface area contributed by atoms with Gasteiger partial charge in [-0.3, -0.25) is 4.98 Å². The quantitative estimate of drug-likeness (QED) is 0.896. The topological polar surface area (TPSA) is 63.7 Å². The Kier molecular flexibility index (Phi) is 5.28. The summed E-state index contributed by atoms with van der Waals surface area (Å²) in [6, 6.07) is 5.95. The predicted octanol–water partition coefficient (Wildman–Crippen LogP) is 3.48. The number of aromatic nitrogens is 1. The Morgan fingerprint density at radius 1 is 1.48 bits per heavy atom. The number of carbonyl (C=O) groups excluding carboxylic acids is 1. The van der Waals surface area contributed by atoms with Gasteiger partial charge >= 0.3 is 12.6 Å². The normalized spacial score (nSPS) is 17.0. The fourth-order valence-electron chi connectivity index (χ4n) is 2.83. The van der Waals surface area contributed by atoms with E-state index >= 15 is 0 Å². The number of anilines is 1. The van der Waals surface area contributed by atoms with Crippen molar-refractivity contribution >= 4 is 22.6 Å². The van der Waals surface area contributed by atoms with Gasteiger partial charge in [-0.1, -0.05) is 0 Å². The first-order valence-electron chi connectivity index (χ1n) is 8.01. The molecule has 0 aliphatic carbocycles. The summed E-state index contributed by atoms with van der Waals surface area (Å²) in [7, 11) is 1.69. The van der Waals surface area contributed by atoms with Gasteiger partial charge in [0.1, 0.15) is 5.52 Å². The molecule has 0 radical (unpaired) electrons. The largest absolute Gasteiger partial charge is 0.432 e. The molecule has 1 atom stereocenters. The van der Waals surface area contributed by atoms with Crippen LogP contribution in [0.5, 0.6) is 5.75 Å². The average molecular weight is 351 g/mol. The summed E-state index contributed by atoms with van der Waals surface area (Å²) < 4.78 is 35.1. The number of amides is 2. The molecule has 0 bridgehead atoms. The number of benzene rings is 1. The number of nitrogens with one attached hydrogen (secondary N) is 1. The van der Waals surface area contributed by atoms with Crippen molar-refractivity contribution in [3.05, 3.63) is 30.5 Å². The van der Waals surface area contributed by atoms with Crippen molar-refractivity contribution in [2.24, 2.45) is 0 Å². The van der Waals surface area contributed by atoms with Crippen LogP contribution in [0.1, 0.15) is 12.8 Å². The lowest BCUT2D eigenvalue weighted by Crippen LogP contribution is -2.37. The molecule has 1 aliphatic rings. The Morgan fingerprint density at radius 3 is 3.04 bits per heavy atom. The zero-order valence-corrected chi connectivity index (χ0v) is 13.7. The number of fused-ring (bicyclic) bond motifs is 1.